The van der Waals surface area contributed by atoms with Gasteiger partial charge in [-0.2, -0.15) is 0 Å². The van der Waals surface area contributed by atoms with Gasteiger partial charge in [0.25, 0.3) is 0 Å². The SMILES string of the molecule is CCOC(=O)N1CCC(N2CCC3(CC2)C[C@H](NC(=O)N(CC)CC)c2ccccc23)CC1.[HH]. The minimum atomic E-state index is -0.172. The van der Waals surface area contributed by atoms with E-state index in [9.17, 15) is 9.59 Å². The number of carbonyl (C=O) groups is 2. The lowest BCUT2D eigenvalue weighted by molar-refractivity contribution is 0.0553. The molecule has 0 saturated carbocycles. The summed E-state index contributed by atoms with van der Waals surface area (Å²) >= 11 is 0. The fourth-order valence-corrected chi connectivity index (χ4v) is 6.19. The van der Waals surface area contributed by atoms with Crippen molar-refractivity contribution < 1.29 is 15.8 Å². The number of ether oxygens (including phenoxy) is 1. The Bertz CT molecular complexity index is 831. The second kappa shape index (κ2) is 10.3. The maximum atomic E-state index is 12.8. The summed E-state index contributed by atoms with van der Waals surface area (Å²) in [6.45, 7) is 11.5. The highest BCUT2D eigenvalue weighted by Crippen LogP contribution is 2.51. The molecule has 0 aromatic heterocycles. The normalized spacial score (nSPS) is 22.8. The number of nitrogens with one attached hydrogen (secondary N) is 1. The summed E-state index contributed by atoms with van der Waals surface area (Å²) in [5.74, 6) is 0. The van der Waals surface area contributed by atoms with E-state index in [-0.39, 0.29) is 25.0 Å². The first-order valence-corrected chi connectivity index (χ1v) is 12.8. The van der Waals surface area contributed by atoms with Crippen LogP contribution in [0.5, 0.6) is 0 Å². The molecule has 1 N–H and O–H groups in total. The average Bonchev–Trinajstić information content (AvgIpc) is 3.13. The zero-order chi connectivity index (χ0) is 23.4. The van der Waals surface area contributed by atoms with Gasteiger partial charge in [0.15, 0.2) is 0 Å². The number of amides is 3. The van der Waals surface area contributed by atoms with Crippen LogP contribution in [-0.2, 0) is 10.2 Å². The molecule has 2 saturated heterocycles. The van der Waals surface area contributed by atoms with Crippen molar-refractivity contribution in [3.05, 3.63) is 35.4 Å². The van der Waals surface area contributed by atoms with E-state index in [1.54, 1.807) is 0 Å². The van der Waals surface area contributed by atoms with Crippen molar-refractivity contribution in [2.24, 2.45) is 0 Å². The molecule has 2 aliphatic heterocycles. The van der Waals surface area contributed by atoms with E-state index in [0.29, 0.717) is 12.6 Å². The number of hydrogen-bond acceptors (Lipinski definition) is 4. The van der Waals surface area contributed by atoms with Gasteiger partial charge in [0, 0.05) is 39.1 Å². The van der Waals surface area contributed by atoms with Gasteiger partial charge in [0.05, 0.1) is 12.6 Å². The molecule has 7 heteroatoms. The highest BCUT2D eigenvalue weighted by Gasteiger charge is 2.46. The van der Waals surface area contributed by atoms with Gasteiger partial charge in [-0.25, -0.2) is 9.59 Å². The van der Waals surface area contributed by atoms with Gasteiger partial charge in [-0.05, 0) is 77.1 Å². The largest absolute Gasteiger partial charge is 0.450 e. The molecule has 0 bridgehead atoms. The highest BCUT2D eigenvalue weighted by atomic mass is 16.6. The summed E-state index contributed by atoms with van der Waals surface area (Å²) in [5.41, 5.74) is 2.89. The van der Waals surface area contributed by atoms with Gasteiger partial charge >= 0.3 is 12.1 Å². The number of nitrogens with zero attached hydrogens (tertiary/aromatic N) is 3. The first-order valence-electron chi connectivity index (χ1n) is 12.8. The van der Waals surface area contributed by atoms with Gasteiger partial charge in [0.1, 0.15) is 0 Å². The first kappa shape index (κ1) is 23.9. The molecule has 1 atom stereocenters. The number of piperidine rings is 2. The molecule has 184 valence electrons. The number of urea groups is 1. The van der Waals surface area contributed by atoms with Gasteiger partial charge in [-0.15, -0.1) is 0 Å². The van der Waals surface area contributed by atoms with Crippen LogP contribution in [0, 0.1) is 0 Å². The lowest BCUT2D eigenvalue weighted by Gasteiger charge is -2.45. The number of benzene rings is 1. The Labute approximate surface area is 199 Å². The maximum Gasteiger partial charge on any atom is 0.409 e. The predicted molar refractivity (Wildman–Crippen MR) is 131 cm³/mol. The third-order valence-electron chi connectivity index (χ3n) is 8.11. The van der Waals surface area contributed by atoms with Gasteiger partial charge in [0.2, 0.25) is 0 Å². The Hall–Kier alpha value is -2.28. The summed E-state index contributed by atoms with van der Waals surface area (Å²) < 4.78 is 5.17. The zero-order valence-corrected chi connectivity index (χ0v) is 20.5. The predicted octanol–water partition coefficient (Wildman–Crippen LogP) is 4.38. The topological polar surface area (TPSA) is 65.1 Å². The van der Waals surface area contributed by atoms with E-state index in [0.717, 1.165) is 71.4 Å². The summed E-state index contributed by atoms with van der Waals surface area (Å²) in [4.78, 5) is 31.1. The Morgan fingerprint density at radius 2 is 1.76 bits per heavy atom. The van der Waals surface area contributed by atoms with Crippen molar-refractivity contribution in [3.63, 3.8) is 0 Å². The number of rotatable bonds is 5. The number of hydrogen-bond donors (Lipinski definition) is 1. The fourth-order valence-electron chi connectivity index (χ4n) is 6.19. The Morgan fingerprint density at radius 3 is 2.39 bits per heavy atom. The summed E-state index contributed by atoms with van der Waals surface area (Å²) in [5, 5.41) is 3.33. The standard InChI is InChI=1S/C26H40N4O3.H2/c1-4-28(5-2)24(31)27-23-19-26(22-10-8-7-9-21(22)23)13-17-29(18-14-26)20-11-15-30(16-12-20)25(32)33-6-3;/h7-10,20,23H,4-6,11-19H2,1-3H3,(H,27,31);1H/t23-;/m0./s1. The molecule has 4 rings (SSSR count). The van der Waals surface area contributed by atoms with Crippen LogP contribution < -0.4 is 5.32 Å². The summed E-state index contributed by atoms with van der Waals surface area (Å²) in [6.07, 6.45) is 5.11. The minimum Gasteiger partial charge on any atom is -0.450 e. The van der Waals surface area contributed by atoms with Crippen LogP contribution in [-0.4, -0.2) is 78.7 Å². The number of carbonyl (C=O) groups excluding carboxylic acids is 2. The third kappa shape index (κ3) is 4.84. The van der Waals surface area contributed by atoms with Crippen LogP contribution in [0.15, 0.2) is 24.3 Å². The molecule has 7 nitrogen and oxygen atoms in total. The smallest absolute Gasteiger partial charge is 0.409 e. The monoisotopic (exact) mass is 458 g/mol. The van der Waals surface area contributed by atoms with Gasteiger partial charge in [-0.1, -0.05) is 24.3 Å². The molecule has 1 aliphatic carbocycles. The van der Waals surface area contributed by atoms with Crippen molar-refractivity contribution in [1.82, 2.24) is 20.0 Å². The van der Waals surface area contributed by atoms with Crippen LogP contribution >= 0.6 is 0 Å². The second-order valence-corrected chi connectivity index (χ2v) is 9.70. The second-order valence-electron chi connectivity index (χ2n) is 9.70. The molecule has 0 radical (unpaired) electrons. The molecular formula is C26H42N4O3. The van der Waals surface area contributed by atoms with Crippen molar-refractivity contribution >= 4 is 12.1 Å². The van der Waals surface area contributed by atoms with E-state index >= 15 is 0 Å². The van der Waals surface area contributed by atoms with E-state index in [1.807, 2.05) is 30.6 Å². The molecule has 33 heavy (non-hydrogen) atoms. The first-order chi connectivity index (χ1) is 16.0. The fraction of sp³-hybridized carbons (Fsp3) is 0.692. The third-order valence-corrected chi connectivity index (χ3v) is 8.11. The lowest BCUT2D eigenvalue weighted by atomic mass is 9.73. The van der Waals surface area contributed by atoms with E-state index in [2.05, 4.69) is 34.5 Å². The molecule has 2 heterocycles. The molecule has 1 aromatic carbocycles. The van der Waals surface area contributed by atoms with Crippen LogP contribution in [0.4, 0.5) is 9.59 Å². The number of likely N-dealkylation sites (tertiary alicyclic amines) is 2. The molecule has 0 unspecified atom stereocenters. The van der Waals surface area contributed by atoms with Crippen LogP contribution in [0.3, 0.4) is 0 Å². The molecular weight excluding hydrogens is 416 g/mol. The van der Waals surface area contributed by atoms with Crippen LogP contribution in [0.25, 0.3) is 0 Å². The van der Waals surface area contributed by atoms with E-state index in [1.165, 1.54) is 11.1 Å². The number of fused-ring (bicyclic) bond motifs is 2. The molecule has 1 spiro atoms. The Morgan fingerprint density at radius 1 is 1.09 bits per heavy atom. The quantitative estimate of drug-likeness (QED) is 0.711. The van der Waals surface area contributed by atoms with Crippen molar-refractivity contribution in [2.45, 2.75) is 70.4 Å². The van der Waals surface area contributed by atoms with E-state index in [4.69, 9.17) is 4.74 Å². The lowest BCUT2D eigenvalue weighted by Crippen LogP contribution is -2.51. The average molecular weight is 459 g/mol. The zero-order valence-electron chi connectivity index (χ0n) is 20.5. The van der Waals surface area contributed by atoms with Gasteiger partial charge < -0.3 is 24.8 Å². The van der Waals surface area contributed by atoms with Crippen molar-refractivity contribution in [3.8, 4) is 0 Å². The minimum absolute atomic E-state index is 0. The van der Waals surface area contributed by atoms with Crippen molar-refractivity contribution in [2.75, 3.05) is 45.9 Å². The Kier molecular flexibility index (Phi) is 7.47. The molecule has 3 amide bonds. The summed E-state index contributed by atoms with van der Waals surface area (Å²) in [6, 6.07) is 9.41. The Balaban J connectivity index is 0.00000324. The molecule has 1 aromatic rings. The van der Waals surface area contributed by atoms with E-state index < -0.39 is 0 Å². The van der Waals surface area contributed by atoms with Crippen LogP contribution in [0.1, 0.15) is 71.5 Å². The van der Waals surface area contributed by atoms with Crippen LogP contribution in [0.2, 0.25) is 0 Å². The highest BCUT2D eigenvalue weighted by molar-refractivity contribution is 5.75. The maximum absolute atomic E-state index is 12.8. The molecule has 2 fully saturated rings. The molecule has 3 aliphatic rings. The van der Waals surface area contributed by atoms with Crippen molar-refractivity contribution in [1.29, 1.82) is 0 Å². The summed E-state index contributed by atoms with van der Waals surface area (Å²) in [7, 11) is 0. The van der Waals surface area contributed by atoms with Gasteiger partial charge in [-0.3, -0.25) is 0 Å².